The standard InChI is InChI=1S/C16H18N2O3/c1-11(17)12-4-7-15(8-5-12)21-10-14-6-3-13(9-18-14)16(19)20-2/h3-9,11H,10,17H2,1-2H3/t11-/m0/s1. The lowest BCUT2D eigenvalue weighted by Crippen LogP contribution is -2.05. The highest BCUT2D eigenvalue weighted by atomic mass is 16.5. The Morgan fingerprint density at radius 2 is 1.95 bits per heavy atom. The van der Waals surface area contributed by atoms with Gasteiger partial charge in [0.2, 0.25) is 0 Å². The third-order valence-electron chi connectivity index (χ3n) is 3.04. The summed E-state index contributed by atoms with van der Waals surface area (Å²) in [5.41, 5.74) is 8.00. The summed E-state index contributed by atoms with van der Waals surface area (Å²) in [6.07, 6.45) is 1.48. The smallest absolute Gasteiger partial charge is 0.339 e. The van der Waals surface area contributed by atoms with E-state index in [0.717, 1.165) is 17.0 Å². The first kappa shape index (κ1) is 15.0. The van der Waals surface area contributed by atoms with Gasteiger partial charge in [-0.25, -0.2) is 4.79 Å². The van der Waals surface area contributed by atoms with E-state index in [-0.39, 0.29) is 6.04 Å². The molecule has 0 spiro atoms. The van der Waals surface area contributed by atoms with Crippen LogP contribution in [0.5, 0.6) is 5.75 Å². The average Bonchev–Trinajstić information content (AvgIpc) is 2.53. The molecule has 5 nitrogen and oxygen atoms in total. The number of hydrogen-bond acceptors (Lipinski definition) is 5. The fourth-order valence-electron chi connectivity index (χ4n) is 1.77. The Labute approximate surface area is 123 Å². The summed E-state index contributed by atoms with van der Waals surface area (Å²) >= 11 is 0. The molecule has 0 amide bonds. The van der Waals surface area contributed by atoms with Crippen LogP contribution in [0.1, 0.15) is 34.6 Å². The van der Waals surface area contributed by atoms with Crippen LogP contribution in [0.4, 0.5) is 0 Å². The van der Waals surface area contributed by atoms with E-state index in [0.29, 0.717) is 12.2 Å². The molecule has 0 saturated carbocycles. The predicted molar refractivity (Wildman–Crippen MR) is 79.0 cm³/mol. The molecule has 2 rings (SSSR count). The second kappa shape index (κ2) is 6.85. The highest BCUT2D eigenvalue weighted by molar-refractivity contribution is 5.88. The van der Waals surface area contributed by atoms with Gasteiger partial charge in [0, 0.05) is 12.2 Å². The fraction of sp³-hybridized carbons (Fsp3) is 0.250. The van der Waals surface area contributed by atoms with Gasteiger partial charge in [0.05, 0.1) is 18.4 Å². The van der Waals surface area contributed by atoms with E-state index < -0.39 is 5.97 Å². The minimum Gasteiger partial charge on any atom is -0.487 e. The van der Waals surface area contributed by atoms with Gasteiger partial charge in [-0.1, -0.05) is 12.1 Å². The first-order valence-corrected chi connectivity index (χ1v) is 6.61. The van der Waals surface area contributed by atoms with Crippen molar-refractivity contribution in [2.45, 2.75) is 19.6 Å². The second-order valence-corrected chi connectivity index (χ2v) is 4.68. The molecular weight excluding hydrogens is 268 g/mol. The number of aromatic nitrogens is 1. The molecule has 0 aliphatic rings. The number of pyridine rings is 1. The molecule has 2 aromatic rings. The van der Waals surface area contributed by atoms with Crippen molar-refractivity contribution in [2.75, 3.05) is 7.11 Å². The summed E-state index contributed by atoms with van der Waals surface area (Å²) in [6.45, 7) is 2.27. The van der Waals surface area contributed by atoms with E-state index in [1.54, 1.807) is 12.1 Å². The van der Waals surface area contributed by atoms with Gasteiger partial charge < -0.3 is 15.2 Å². The second-order valence-electron chi connectivity index (χ2n) is 4.68. The summed E-state index contributed by atoms with van der Waals surface area (Å²) < 4.78 is 10.2. The molecule has 5 heteroatoms. The van der Waals surface area contributed by atoms with Gasteiger partial charge in [-0.3, -0.25) is 4.98 Å². The Morgan fingerprint density at radius 3 is 2.48 bits per heavy atom. The van der Waals surface area contributed by atoms with Crippen molar-refractivity contribution in [3.05, 3.63) is 59.4 Å². The van der Waals surface area contributed by atoms with Crippen LogP contribution in [0.3, 0.4) is 0 Å². The number of carbonyl (C=O) groups excluding carboxylic acids is 1. The summed E-state index contributed by atoms with van der Waals surface area (Å²) in [4.78, 5) is 15.5. The van der Waals surface area contributed by atoms with Crippen molar-refractivity contribution in [3.63, 3.8) is 0 Å². The monoisotopic (exact) mass is 286 g/mol. The van der Waals surface area contributed by atoms with Gasteiger partial charge in [0.1, 0.15) is 12.4 Å². The van der Waals surface area contributed by atoms with Crippen LogP contribution >= 0.6 is 0 Å². The molecule has 2 N–H and O–H groups in total. The zero-order valence-electron chi connectivity index (χ0n) is 12.1. The highest BCUT2D eigenvalue weighted by Gasteiger charge is 2.06. The van der Waals surface area contributed by atoms with E-state index in [4.69, 9.17) is 10.5 Å². The molecule has 1 aromatic carbocycles. The number of rotatable bonds is 5. The maximum absolute atomic E-state index is 11.3. The number of nitrogens with two attached hydrogens (primary N) is 1. The number of esters is 1. The summed E-state index contributed by atoms with van der Waals surface area (Å²) in [5.74, 6) is 0.347. The van der Waals surface area contributed by atoms with Gasteiger partial charge in [-0.15, -0.1) is 0 Å². The lowest BCUT2D eigenvalue weighted by atomic mass is 10.1. The molecule has 21 heavy (non-hydrogen) atoms. The number of benzene rings is 1. The normalized spacial score (nSPS) is 11.8. The minimum absolute atomic E-state index is 0.00609. The van der Waals surface area contributed by atoms with Crippen molar-refractivity contribution in [1.82, 2.24) is 4.98 Å². The van der Waals surface area contributed by atoms with E-state index in [1.165, 1.54) is 13.3 Å². The van der Waals surface area contributed by atoms with Crippen molar-refractivity contribution >= 4 is 5.97 Å². The summed E-state index contributed by atoms with van der Waals surface area (Å²) in [7, 11) is 1.34. The molecule has 0 bridgehead atoms. The number of methoxy groups -OCH3 is 1. The van der Waals surface area contributed by atoms with Crippen molar-refractivity contribution < 1.29 is 14.3 Å². The first-order chi connectivity index (χ1) is 10.1. The van der Waals surface area contributed by atoms with Crippen LogP contribution in [0, 0.1) is 0 Å². The first-order valence-electron chi connectivity index (χ1n) is 6.61. The molecule has 1 aromatic heterocycles. The zero-order valence-corrected chi connectivity index (χ0v) is 12.1. The maximum Gasteiger partial charge on any atom is 0.339 e. The number of hydrogen-bond donors (Lipinski definition) is 1. The largest absolute Gasteiger partial charge is 0.487 e. The lowest BCUT2D eigenvalue weighted by Gasteiger charge is -2.09. The number of carbonyl (C=O) groups is 1. The van der Waals surface area contributed by atoms with Crippen molar-refractivity contribution in [2.24, 2.45) is 5.73 Å². The summed E-state index contributed by atoms with van der Waals surface area (Å²) in [5, 5.41) is 0. The Kier molecular flexibility index (Phi) is 4.90. The van der Waals surface area contributed by atoms with E-state index >= 15 is 0 Å². The van der Waals surface area contributed by atoms with Crippen molar-refractivity contribution in [3.8, 4) is 5.75 Å². The minimum atomic E-state index is -0.401. The molecule has 0 fully saturated rings. The van der Waals surface area contributed by atoms with Crippen LogP contribution in [-0.4, -0.2) is 18.1 Å². The van der Waals surface area contributed by atoms with Crippen LogP contribution in [0.25, 0.3) is 0 Å². The maximum atomic E-state index is 11.3. The molecule has 0 aliphatic carbocycles. The molecule has 0 unspecified atom stereocenters. The summed E-state index contributed by atoms with van der Waals surface area (Å²) in [6, 6.07) is 11.0. The zero-order chi connectivity index (χ0) is 15.2. The molecular formula is C16H18N2O3. The molecule has 1 atom stereocenters. The molecule has 1 heterocycles. The fourth-order valence-corrected chi connectivity index (χ4v) is 1.77. The topological polar surface area (TPSA) is 74.4 Å². The van der Waals surface area contributed by atoms with E-state index in [1.807, 2.05) is 31.2 Å². The highest BCUT2D eigenvalue weighted by Crippen LogP contribution is 2.17. The van der Waals surface area contributed by atoms with Gasteiger partial charge in [-0.05, 0) is 36.8 Å². The third kappa shape index (κ3) is 4.03. The van der Waals surface area contributed by atoms with E-state index in [9.17, 15) is 4.79 Å². The van der Waals surface area contributed by atoms with Crippen LogP contribution in [0.15, 0.2) is 42.6 Å². The van der Waals surface area contributed by atoms with Crippen LogP contribution in [0.2, 0.25) is 0 Å². The predicted octanol–water partition coefficient (Wildman–Crippen LogP) is 2.47. The quantitative estimate of drug-likeness (QED) is 0.855. The van der Waals surface area contributed by atoms with Crippen molar-refractivity contribution in [1.29, 1.82) is 0 Å². The Balaban J connectivity index is 1.95. The van der Waals surface area contributed by atoms with E-state index in [2.05, 4.69) is 9.72 Å². The Hall–Kier alpha value is -2.40. The lowest BCUT2D eigenvalue weighted by molar-refractivity contribution is 0.0600. The van der Waals surface area contributed by atoms with Gasteiger partial charge in [0.15, 0.2) is 0 Å². The Bertz CT molecular complexity index is 592. The SMILES string of the molecule is COC(=O)c1ccc(COc2ccc([C@H](C)N)cc2)nc1. The number of nitrogens with zero attached hydrogens (tertiary/aromatic N) is 1. The van der Waals surface area contributed by atoms with Gasteiger partial charge in [-0.2, -0.15) is 0 Å². The molecule has 0 saturated heterocycles. The van der Waals surface area contributed by atoms with Gasteiger partial charge in [0.25, 0.3) is 0 Å². The van der Waals surface area contributed by atoms with Crippen LogP contribution < -0.4 is 10.5 Å². The van der Waals surface area contributed by atoms with Gasteiger partial charge >= 0.3 is 5.97 Å². The Morgan fingerprint density at radius 1 is 1.24 bits per heavy atom. The third-order valence-corrected chi connectivity index (χ3v) is 3.04. The van der Waals surface area contributed by atoms with Crippen LogP contribution in [-0.2, 0) is 11.3 Å². The molecule has 110 valence electrons. The average molecular weight is 286 g/mol. The molecule has 0 radical (unpaired) electrons. The molecule has 0 aliphatic heterocycles. The number of ether oxygens (including phenoxy) is 2.